The molecular weight excluding hydrogens is 418 g/mol. The first kappa shape index (κ1) is 20.9. The normalized spacial score (nSPS) is 23.6. The number of hydrogen-bond acceptors (Lipinski definition) is 5. The fourth-order valence-corrected chi connectivity index (χ4v) is 7.74. The van der Waals surface area contributed by atoms with E-state index in [1.165, 1.54) is 11.8 Å². The van der Waals surface area contributed by atoms with E-state index in [9.17, 15) is 13.2 Å². The number of fused-ring (bicyclic) bond motifs is 1. The van der Waals surface area contributed by atoms with Gasteiger partial charge in [-0.1, -0.05) is 41.6 Å². The van der Waals surface area contributed by atoms with Gasteiger partial charge in [0, 0.05) is 30.7 Å². The number of amides is 1. The molecule has 2 aromatic rings. The van der Waals surface area contributed by atoms with E-state index in [1.807, 2.05) is 79.3 Å². The van der Waals surface area contributed by atoms with E-state index in [0.29, 0.717) is 5.17 Å². The SMILES string of the molecule is Cc1ccc(CC(=O)N=C2S[C@H]3CS(=O)(=O)C[C@@H]3N2c2ccc(N(C)C)cc2)cc1. The van der Waals surface area contributed by atoms with Crippen molar-refractivity contribution in [1.82, 2.24) is 0 Å². The number of benzene rings is 2. The molecule has 0 aliphatic carbocycles. The first-order valence-corrected chi connectivity index (χ1v) is 12.5. The Labute approximate surface area is 181 Å². The first-order chi connectivity index (χ1) is 14.2. The second-order valence-corrected chi connectivity index (χ2v) is 11.4. The van der Waals surface area contributed by atoms with Gasteiger partial charge in [-0.05, 0) is 36.8 Å². The van der Waals surface area contributed by atoms with Crippen LogP contribution < -0.4 is 9.80 Å². The molecule has 2 aromatic carbocycles. The van der Waals surface area contributed by atoms with Crippen LogP contribution in [0.5, 0.6) is 0 Å². The Bertz CT molecular complexity index is 1080. The van der Waals surface area contributed by atoms with Gasteiger partial charge in [-0.25, -0.2) is 8.42 Å². The van der Waals surface area contributed by atoms with Crippen LogP contribution >= 0.6 is 11.8 Å². The highest BCUT2D eigenvalue weighted by atomic mass is 32.2. The molecule has 0 radical (unpaired) electrons. The number of nitrogens with zero attached hydrogens (tertiary/aromatic N) is 3. The quantitative estimate of drug-likeness (QED) is 0.724. The third-order valence-electron chi connectivity index (χ3n) is 5.41. The molecule has 1 amide bonds. The number of amidine groups is 1. The molecule has 2 atom stereocenters. The number of aliphatic imine (C=N–C) groups is 1. The molecule has 0 bridgehead atoms. The van der Waals surface area contributed by atoms with Crippen molar-refractivity contribution in [1.29, 1.82) is 0 Å². The lowest BCUT2D eigenvalue weighted by atomic mass is 10.1. The maximum atomic E-state index is 12.7. The summed E-state index contributed by atoms with van der Waals surface area (Å²) >= 11 is 1.40. The zero-order valence-electron chi connectivity index (χ0n) is 17.3. The Morgan fingerprint density at radius 2 is 1.77 bits per heavy atom. The summed E-state index contributed by atoms with van der Waals surface area (Å²) in [7, 11) is 0.855. The van der Waals surface area contributed by atoms with Crippen LogP contribution in [-0.4, -0.2) is 56.4 Å². The molecule has 2 heterocycles. The zero-order chi connectivity index (χ0) is 21.5. The number of carbonyl (C=O) groups excluding carboxylic acids is 1. The summed E-state index contributed by atoms with van der Waals surface area (Å²) in [6.07, 6.45) is 0.228. The summed E-state index contributed by atoms with van der Waals surface area (Å²) in [5, 5.41) is 0.490. The summed E-state index contributed by atoms with van der Waals surface area (Å²) < 4.78 is 24.4. The van der Waals surface area contributed by atoms with E-state index in [-0.39, 0.29) is 35.1 Å². The molecule has 0 saturated carbocycles. The lowest BCUT2D eigenvalue weighted by molar-refractivity contribution is -0.117. The number of rotatable bonds is 4. The van der Waals surface area contributed by atoms with Crippen LogP contribution in [0.15, 0.2) is 53.5 Å². The largest absolute Gasteiger partial charge is 0.378 e. The molecule has 158 valence electrons. The standard InChI is InChI=1S/C22H25N3O3S2/c1-15-4-6-16(7-5-15)12-21(26)23-22-25(18-10-8-17(9-11-18)24(2)3)19-13-30(27,28)14-20(19)29-22/h4-11,19-20H,12-14H2,1-3H3/t19-,20-/m0/s1. The van der Waals surface area contributed by atoms with Gasteiger partial charge in [-0.15, -0.1) is 0 Å². The van der Waals surface area contributed by atoms with Crippen molar-refractivity contribution in [3.63, 3.8) is 0 Å². The maximum absolute atomic E-state index is 12.7. The Morgan fingerprint density at radius 3 is 2.40 bits per heavy atom. The Hall–Kier alpha value is -2.32. The van der Waals surface area contributed by atoms with Gasteiger partial charge in [0.1, 0.15) is 0 Å². The van der Waals surface area contributed by atoms with Gasteiger partial charge in [0.15, 0.2) is 15.0 Å². The van der Waals surface area contributed by atoms with E-state index in [4.69, 9.17) is 0 Å². The summed E-state index contributed by atoms with van der Waals surface area (Å²) in [6.45, 7) is 2.01. The second-order valence-electron chi connectivity index (χ2n) is 8.03. The van der Waals surface area contributed by atoms with Crippen LogP contribution in [0.4, 0.5) is 11.4 Å². The van der Waals surface area contributed by atoms with Crippen LogP contribution in [0.1, 0.15) is 11.1 Å². The monoisotopic (exact) mass is 443 g/mol. The van der Waals surface area contributed by atoms with Crippen molar-refractivity contribution in [3.8, 4) is 0 Å². The fraction of sp³-hybridized carbons (Fsp3) is 0.364. The lowest BCUT2D eigenvalue weighted by Crippen LogP contribution is -2.37. The second kappa shape index (κ2) is 8.07. The summed E-state index contributed by atoms with van der Waals surface area (Å²) in [5.41, 5.74) is 3.97. The predicted molar refractivity (Wildman–Crippen MR) is 124 cm³/mol. The Kier molecular flexibility index (Phi) is 5.63. The fourth-order valence-electron chi connectivity index (χ4n) is 3.80. The molecule has 8 heteroatoms. The number of hydrogen-bond donors (Lipinski definition) is 0. The van der Waals surface area contributed by atoms with Gasteiger partial charge >= 0.3 is 0 Å². The Balaban J connectivity index is 1.62. The molecule has 0 spiro atoms. The van der Waals surface area contributed by atoms with Gasteiger partial charge < -0.3 is 9.80 Å². The van der Waals surface area contributed by atoms with E-state index >= 15 is 0 Å². The van der Waals surface area contributed by atoms with Crippen LogP contribution in [0.25, 0.3) is 0 Å². The minimum atomic E-state index is -3.08. The average Bonchev–Trinajstić information content (AvgIpc) is 3.14. The minimum Gasteiger partial charge on any atom is -0.378 e. The molecule has 0 N–H and O–H groups in total. The average molecular weight is 444 g/mol. The minimum absolute atomic E-state index is 0.0886. The molecule has 0 aromatic heterocycles. The number of carbonyl (C=O) groups is 1. The van der Waals surface area contributed by atoms with Crippen molar-refractivity contribution < 1.29 is 13.2 Å². The molecule has 4 rings (SSSR count). The molecule has 6 nitrogen and oxygen atoms in total. The highest BCUT2D eigenvalue weighted by molar-refractivity contribution is 8.16. The van der Waals surface area contributed by atoms with E-state index in [0.717, 1.165) is 22.5 Å². The molecule has 30 heavy (non-hydrogen) atoms. The van der Waals surface area contributed by atoms with E-state index < -0.39 is 9.84 Å². The van der Waals surface area contributed by atoms with Gasteiger partial charge in [0.2, 0.25) is 0 Å². The molecule has 2 fully saturated rings. The number of aryl methyl sites for hydroxylation is 1. The van der Waals surface area contributed by atoms with Crippen molar-refractivity contribution in [2.75, 3.05) is 35.4 Å². The van der Waals surface area contributed by atoms with Crippen LogP contribution in [-0.2, 0) is 21.1 Å². The summed E-state index contributed by atoms with van der Waals surface area (Å²) in [6, 6.07) is 15.5. The lowest BCUT2D eigenvalue weighted by Gasteiger charge is -2.25. The molecular formula is C22H25N3O3S2. The van der Waals surface area contributed by atoms with Crippen molar-refractivity contribution >= 4 is 44.0 Å². The zero-order valence-corrected chi connectivity index (χ0v) is 18.9. The van der Waals surface area contributed by atoms with Gasteiger partial charge in [-0.2, -0.15) is 4.99 Å². The van der Waals surface area contributed by atoms with Crippen molar-refractivity contribution in [3.05, 3.63) is 59.7 Å². The number of anilines is 2. The summed E-state index contributed by atoms with van der Waals surface area (Å²) in [4.78, 5) is 21.0. The van der Waals surface area contributed by atoms with Crippen LogP contribution in [0.3, 0.4) is 0 Å². The highest BCUT2D eigenvalue weighted by Gasteiger charge is 2.49. The first-order valence-electron chi connectivity index (χ1n) is 9.82. The predicted octanol–water partition coefficient (Wildman–Crippen LogP) is 2.91. The van der Waals surface area contributed by atoms with E-state index in [1.54, 1.807) is 0 Å². The smallest absolute Gasteiger partial charge is 0.252 e. The molecule has 2 aliphatic heterocycles. The summed E-state index contributed by atoms with van der Waals surface area (Å²) in [5.74, 6) is -0.00971. The van der Waals surface area contributed by atoms with Crippen molar-refractivity contribution in [2.45, 2.75) is 24.6 Å². The number of thioether (sulfide) groups is 1. The maximum Gasteiger partial charge on any atom is 0.252 e. The molecule has 2 saturated heterocycles. The van der Waals surface area contributed by atoms with E-state index in [2.05, 4.69) is 4.99 Å². The van der Waals surface area contributed by atoms with Crippen LogP contribution in [0, 0.1) is 6.92 Å². The van der Waals surface area contributed by atoms with Crippen LogP contribution in [0.2, 0.25) is 0 Å². The Morgan fingerprint density at radius 1 is 1.10 bits per heavy atom. The van der Waals surface area contributed by atoms with Gasteiger partial charge in [-0.3, -0.25) is 4.79 Å². The van der Waals surface area contributed by atoms with Gasteiger partial charge in [0.25, 0.3) is 5.91 Å². The third kappa shape index (κ3) is 4.39. The highest BCUT2D eigenvalue weighted by Crippen LogP contribution is 2.41. The number of sulfone groups is 1. The molecule has 0 unspecified atom stereocenters. The van der Waals surface area contributed by atoms with Crippen molar-refractivity contribution in [2.24, 2.45) is 4.99 Å². The topological polar surface area (TPSA) is 70.0 Å². The molecule has 2 aliphatic rings. The third-order valence-corrected chi connectivity index (χ3v) is 8.62. The van der Waals surface area contributed by atoms with Gasteiger partial charge in [0.05, 0.1) is 24.0 Å².